The van der Waals surface area contributed by atoms with Crippen molar-refractivity contribution in [3.63, 3.8) is 0 Å². The lowest BCUT2D eigenvalue weighted by atomic mass is 10.1. The largest absolute Gasteiger partial charge is 0.493 e. The molecule has 0 aliphatic carbocycles. The number of benzene rings is 2. The first kappa shape index (κ1) is 26.2. The van der Waals surface area contributed by atoms with E-state index in [4.69, 9.17) is 14.0 Å². The van der Waals surface area contributed by atoms with Crippen LogP contribution in [0.15, 0.2) is 40.9 Å². The third-order valence-electron chi connectivity index (χ3n) is 5.73. The number of carbonyl (C=O) groups excluding carboxylic acids is 1. The lowest BCUT2D eigenvalue weighted by molar-refractivity contribution is -0.121. The van der Waals surface area contributed by atoms with E-state index < -0.39 is 0 Å². The second kappa shape index (κ2) is 12.9. The van der Waals surface area contributed by atoms with E-state index in [-0.39, 0.29) is 18.1 Å². The molecule has 1 aromatic heterocycles. The highest BCUT2D eigenvalue weighted by Gasteiger charge is 2.13. The van der Waals surface area contributed by atoms with Crippen LogP contribution >= 0.6 is 0 Å². The Hall–Kier alpha value is -3.46. The average Bonchev–Trinajstić information content (AvgIpc) is 3.35. The van der Waals surface area contributed by atoms with Crippen LogP contribution in [0.3, 0.4) is 0 Å². The van der Waals surface area contributed by atoms with Crippen LogP contribution in [0.25, 0.3) is 11.4 Å². The smallest absolute Gasteiger partial charge is 0.227 e. The van der Waals surface area contributed by atoms with Crippen molar-refractivity contribution in [1.82, 2.24) is 20.4 Å². The molecule has 0 bridgehead atoms. The molecular formula is C26H33FN4O4. The number of likely N-dealkylation sites (N-methyl/N-ethyl adjacent to an activating group) is 1. The number of aryl methyl sites for hydroxylation is 2. The fraction of sp³-hybridized carbons (Fsp3) is 0.423. The highest BCUT2D eigenvalue weighted by atomic mass is 19.1. The molecule has 0 aliphatic heterocycles. The summed E-state index contributed by atoms with van der Waals surface area (Å²) in [7, 11) is 1.60. The van der Waals surface area contributed by atoms with E-state index in [0.29, 0.717) is 53.9 Å². The first-order chi connectivity index (χ1) is 16.9. The van der Waals surface area contributed by atoms with Crippen LogP contribution in [-0.2, 0) is 17.8 Å². The molecular weight excluding hydrogens is 451 g/mol. The van der Waals surface area contributed by atoms with Crippen molar-refractivity contribution in [2.75, 3.05) is 33.4 Å². The summed E-state index contributed by atoms with van der Waals surface area (Å²) in [4.78, 5) is 18.9. The second-order valence-electron chi connectivity index (χ2n) is 8.11. The third-order valence-corrected chi connectivity index (χ3v) is 5.73. The predicted molar refractivity (Wildman–Crippen MR) is 131 cm³/mol. The Morgan fingerprint density at radius 1 is 1.14 bits per heavy atom. The molecule has 3 rings (SSSR count). The summed E-state index contributed by atoms with van der Waals surface area (Å²) < 4.78 is 30.0. The van der Waals surface area contributed by atoms with Crippen LogP contribution in [0.2, 0.25) is 0 Å². The molecule has 0 saturated heterocycles. The standard InChI is InChI=1S/C26H33FN4O4/c1-5-31(6-2)13-14-34-22-10-7-19(16-23(22)33-4)17-28-24(32)11-12-25-29-26(30-35-25)20-8-9-21(27)18(3)15-20/h7-10,15-16H,5-6,11-14,17H2,1-4H3,(H,28,32). The molecule has 1 N–H and O–H groups in total. The summed E-state index contributed by atoms with van der Waals surface area (Å²) in [6.45, 7) is 9.68. The molecule has 188 valence electrons. The SMILES string of the molecule is CCN(CC)CCOc1ccc(CNC(=O)CCc2nc(-c3ccc(F)c(C)c3)no2)cc1OC. The van der Waals surface area contributed by atoms with Gasteiger partial charge in [0.25, 0.3) is 0 Å². The number of nitrogens with zero attached hydrogens (tertiary/aromatic N) is 3. The zero-order valence-corrected chi connectivity index (χ0v) is 20.8. The van der Waals surface area contributed by atoms with Gasteiger partial charge in [0.15, 0.2) is 11.5 Å². The number of hydrogen-bond donors (Lipinski definition) is 1. The van der Waals surface area contributed by atoms with Crippen molar-refractivity contribution < 1.29 is 23.2 Å². The molecule has 0 aliphatic rings. The van der Waals surface area contributed by atoms with Gasteiger partial charge in [-0.15, -0.1) is 0 Å². The summed E-state index contributed by atoms with van der Waals surface area (Å²) in [6, 6.07) is 10.3. The maximum absolute atomic E-state index is 13.5. The molecule has 0 spiro atoms. The number of rotatable bonds is 13. The van der Waals surface area contributed by atoms with E-state index in [1.54, 1.807) is 26.2 Å². The number of amides is 1. The normalized spacial score (nSPS) is 11.0. The summed E-state index contributed by atoms with van der Waals surface area (Å²) in [5.74, 6) is 1.61. The highest BCUT2D eigenvalue weighted by Crippen LogP contribution is 2.28. The van der Waals surface area contributed by atoms with Crippen molar-refractivity contribution in [2.45, 2.75) is 40.2 Å². The van der Waals surface area contributed by atoms with Crippen molar-refractivity contribution in [2.24, 2.45) is 0 Å². The van der Waals surface area contributed by atoms with Gasteiger partial charge in [-0.2, -0.15) is 4.98 Å². The van der Waals surface area contributed by atoms with Gasteiger partial charge in [-0.1, -0.05) is 25.1 Å². The Bertz CT molecular complexity index is 1110. The van der Waals surface area contributed by atoms with E-state index in [2.05, 4.69) is 34.2 Å². The molecule has 0 unspecified atom stereocenters. The lowest BCUT2D eigenvalue weighted by Crippen LogP contribution is -2.28. The molecule has 1 heterocycles. The van der Waals surface area contributed by atoms with Crippen LogP contribution < -0.4 is 14.8 Å². The number of methoxy groups -OCH3 is 1. The van der Waals surface area contributed by atoms with E-state index in [0.717, 1.165) is 25.2 Å². The molecule has 9 heteroatoms. The number of nitrogens with one attached hydrogen (secondary N) is 1. The number of hydrogen-bond acceptors (Lipinski definition) is 7. The molecule has 0 saturated carbocycles. The first-order valence-electron chi connectivity index (χ1n) is 11.8. The maximum Gasteiger partial charge on any atom is 0.227 e. The minimum atomic E-state index is -0.288. The monoisotopic (exact) mass is 484 g/mol. The fourth-order valence-electron chi connectivity index (χ4n) is 3.53. The van der Waals surface area contributed by atoms with Crippen LogP contribution in [0.5, 0.6) is 11.5 Å². The molecule has 35 heavy (non-hydrogen) atoms. The summed E-state index contributed by atoms with van der Waals surface area (Å²) in [5.41, 5.74) is 2.07. The number of halogens is 1. The Kier molecular flexibility index (Phi) is 9.60. The topological polar surface area (TPSA) is 89.7 Å². The van der Waals surface area contributed by atoms with Gasteiger partial charge >= 0.3 is 0 Å². The average molecular weight is 485 g/mol. The molecule has 0 fully saturated rings. The first-order valence-corrected chi connectivity index (χ1v) is 11.8. The Labute approximate surface area is 205 Å². The minimum absolute atomic E-state index is 0.138. The number of ether oxygens (including phenoxy) is 2. The quantitative estimate of drug-likeness (QED) is 0.390. The number of aromatic nitrogens is 2. The van der Waals surface area contributed by atoms with Crippen molar-refractivity contribution >= 4 is 5.91 Å². The second-order valence-corrected chi connectivity index (χ2v) is 8.11. The van der Waals surface area contributed by atoms with Crippen LogP contribution in [-0.4, -0.2) is 54.3 Å². The van der Waals surface area contributed by atoms with Gasteiger partial charge in [-0.05, 0) is 61.5 Å². The van der Waals surface area contributed by atoms with Gasteiger partial charge in [0.1, 0.15) is 12.4 Å². The van der Waals surface area contributed by atoms with Gasteiger partial charge in [0, 0.05) is 31.5 Å². The Balaban J connectivity index is 1.47. The van der Waals surface area contributed by atoms with E-state index >= 15 is 0 Å². The fourth-order valence-corrected chi connectivity index (χ4v) is 3.53. The van der Waals surface area contributed by atoms with Gasteiger partial charge in [-0.25, -0.2) is 4.39 Å². The molecule has 1 amide bonds. The number of carbonyl (C=O) groups is 1. The summed E-state index contributed by atoms with van der Waals surface area (Å²) in [6.07, 6.45) is 0.509. The van der Waals surface area contributed by atoms with Gasteiger partial charge in [-0.3, -0.25) is 4.79 Å². The van der Waals surface area contributed by atoms with Crippen LogP contribution in [0.4, 0.5) is 4.39 Å². The molecule has 8 nitrogen and oxygen atoms in total. The minimum Gasteiger partial charge on any atom is -0.493 e. The molecule has 2 aromatic carbocycles. The molecule has 3 aromatic rings. The van der Waals surface area contributed by atoms with Crippen LogP contribution in [0, 0.1) is 12.7 Å². The zero-order chi connectivity index (χ0) is 25.2. The third kappa shape index (κ3) is 7.51. The van der Waals surface area contributed by atoms with E-state index in [1.807, 2.05) is 18.2 Å². The summed E-state index contributed by atoms with van der Waals surface area (Å²) >= 11 is 0. The Morgan fingerprint density at radius 2 is 1.94 bits per heavy atom. The van der Waals surface area contributed by atoms with Crippen LogP contribution in [0.1, 0.15) is 37.3 Å². The van der Waals surface area contributed by atoms with Crippen molar-refractivity contribution in [3.8, 4) is 22.9 Å². The van der Waals surface area contributed by atoms with E-state index in [1.165, 1.54) is 6.07 Å². The summed E-state index contributed by atoms with van der Waals surface area (Å²) in [5, 5.41) is 6.82. The Morgan fingerprint density at radius 3 is 2.66 bits per heavy atom. The van der Waals surface area contributed by atoms with Crippen molar-refractivity contribution in [1.29, 1.82) is 0 Å². The van der Waals surface area contributed by atoms with Crippen molar-refractivity contribution in [3.05, 3.63) is 59.2 Å². The highest BCUT2D eigenvalue weighted by molar-refractivity contribution is 5.76. The lowest BCUT2D eigenvalue weighted by Gasteiger charge is -2.19. The maximum atomic E-state index is 13.5. The van der Waals surface area contributed by atoms with Gasteiger partial charge in [0.2, 0.25) is 17.6 Å². The van der Waals surface area contributed by atoms with Gasteiger partial charge < -0.3 is 24.2 Å². The van der Waals surface area contributed by atoms with E-state index in [9.17, 15) is 9.18 Å². The molecule has 0 atom stereocenters. The van der Waals surface area contributed by atoms with Gasteiger partial charge in [0.05, 0.1) is 7.11 Å². The predicted octanol–water partition coefficient (Wildman–Crippen LogP) is 4.16. The zero-order valence-electron chi connectivity index (χ0n) is 20.8. The molecule has 0 radical (unpaired) electrons.